The second-order valence-electron chi connectivity index (χ2n) is 4.83. The van der Waals surface area contributed by atoms with Crippen LogP contribution in [0.4, 0.5) is 8.78 Å². The van der Waals surface area contributed by atoms with E-state index in [0.717, 1.165) is 32.6 Å². The van der Waals surface area contributed by atoms with Gasteiger partial charge in [0, 0.05) is 30.3 Å². The van der Waals surface area contributed by atoms with E-state index in [1.54, 1.807) is 12.1 Å². The highest BCUT2D eigenvalue weighted by atomic mass is 35.5. The van der Waals surface area contributed by atoms with Gasteiger partial charge in [0.05, 0.1) is 0 Å². The van der Waals surface area contributed by atoms with Crippen molar-refractivity contribution in [3.8, 4) is 5.75 Å². The van der Waals surface area contributed by atoms with Gasteiger partial charge in [-0.15, -0.1) is 0 Å². The summed E-state index contributed by atoms with van der Waals surface area (Å²) < 4.78 is 34.4. The van der Waals surface area contributed by atoms with E-state index in [1.807, 2.05) is 0 Å². The van der Waals surface area contributed by atoms with Crippen LogP contribution in [-0.4, -0.2) is 26.4 Å². The minimum absolute atomic E-state index is 0.168. The minimum Gasteiger partial charge on any atom is -0.434 e. The number of hydrogen-bond donors (Lipinski definition) is 1. The van der Waals surface area contributed by atoms with Crippen LogP contribution in [0.3, 0.4) is 0 Å². The zero-order chi connectivity index (χ0) is 14.4. The number of halogens is 3. The summed E-state index contributed by atoms with van der Waals surface area (Å²) in [5, 5.41) is 3.74. The fourth-order valence-corrected chi connectivity index (χ4v) is 2.43. The quantitative estimate of drug-likeness (QED) is 0.783. The number of ether oxygens (including phenoxy) is 2. The van der Waals surface area contributed by atoms with Crippen LogP contribution in [0.15, 0.2) is 18.2 Å². The molecule has 0 saturated carbocycles. The second-order valence-corrected chi connectivity index (χ2v) is 5.26. The fraction of sp³-hybridized carbons (Fsp3) is 0.571. The third-order valence-electron chi connectivity index (χ3n) is 3.31. The van der Waals surface area contributed by atoms with Gasteiger partial charge in [0.25, 0.3) is 0 Å². The highest BCUT2D eigenvalue weighted by Gasteiger charge is 2.15. The van der Waals surface area contributed by atoms with Gasteiger partial charge in [-0.2, -0.15) is 8.78 Å². The summed E-state index contributed by atoms with van der Waals surface area (Å²) in [7, 11) is 0. The topological polar surface area (TPSA) is 30.5 Å². The first kappa shape index (κ1) is 15.5. The summed E-state index contributed by atoms with van der Waals surface area (Å²) in [6.07, 6.45) is 2.12. The van der Waals surface area contributed by atoms with E-state index < -0.39 is 6.61 Å². The first-order valence-electron chi connectivity index (χ1n) is 6.67. The van der Waals surface area contributed by atoms with Gasteiger partial charge in [-0.3, -0.25) is 0 Å². The van der Waals surface area contributed by atoms with Crippen LogP contribution in [0.2, 0.25) is 5.02 Å². The van der Waals surface area contributed by atoms with Crippen LogP contribution >= 0.6 is 11.6 Å². The van der Waals surface area contributed by atoms with Gasteiger partial charge >= 0.3 is 6.61 Å². The molecule has 0 aliphatic carbocycles. The predicted octanol–water partition coefficient (Wildman–Crippen LogP) is 3.46. The molecule has 1 aromatic rings. The molecule has 1 aliphatic rings. The molecular weight excluding hydrogens is 288 g/mol. The number of hydrogen-bond acceptors (Lipinski definition) is 3. The average Bonchev–Trinajstić information content (AvgIpc) is 2.90. The number of nitrogens with one attached hydrogen (secondary N) is 1. The molecule has 0 radical (unpaired) electrons. The summed E-state index contributed by atoms with van der Waals surface area (Å²) in [4.78, 5) is 0. The van der Waals surface area contributed by atoms with Crippen molar-refractivity contribution in [2.24, 2.45) is 5.92 Å². The molecule has 6 heteroatoms. The van der Waals surface area contributed by atoms with Crippen LogP contribution in [0.25, 0.3) is 0 Å². The van der Waals surface area contributed by atoms with Gasteiger partial charge < -0.3 is 14.8 Å². The molecule has 0 bridgehead atoms. The fourth-order valence-electron chi connectivity index (χ4n) is 2.24. The lowest BCUT2D eigenvalue weighted by atomic mass is 10.1. The Kier molecular flexibility index (Phi) is 6.01. The van der Waals surface area contributed by atoms with Crippen molar-refractivity contribution in [1.29, 1.82) is 0 Å². The van der Waals surface area contributed by atoms with Crippen LogP contribution in [0.5, 0.6) is 5.75 Å². The highest BCUT2D eigenvalue weighted by Crippen LogP contribution is 2.24. The molecule has 112 valence electrons. The molecule has 1 N–H and O–H groups in total. The van der Waals surface area contributed by atoms with Gasteiger partial charge in [-0.05, 0) is 43.5 Å². The predicted molar refractivity (Wildman–Crippen MR) is 73.3 cm³/mol. The van der Waals surface area contributed by atoms with Crippen LogP contribution in [0.1, 0.15) is 18.4 Å². The van der Waals surface area contributed by atoms with Crippen molar-refractivity contribution >= 4 is 11.6 Å². The number of benzene rings is 1. The third kappa shape index (κ3) is 4.89. The van der Waals surface area contributed by atoms with E-state index in [4.69, 9.17) is 16.3 Å². The summed E-state index contributed by atoms with van der Waals surface area (Å²) >= 11 is 5.88. The van der Waals surface area contributed by atoms with E-state index in [9.17, 15) is 8.78 Å². The van der Waals surface area contributed by atoms with Crippen molar-refractivity contribution in [2.75, 3.05) is 19.8 Å². The monoisotopic (exact) mass is 305 g/mol. The Hall–Kier alpha value is -0.910. The van der Waals surface area contributed by atoms with E-state index in [0.29, 0.717) is 23.0 Å². The summed E-state index contributed by atoms with van der Waals surface area (Å²) in [6.45, 7) is 0.0972. The number of alkyl halides is 2. The average molecular weight is 306 g/mol. The van der Waals surface area contributed by atoms with Crippen molar-refractivity contribution in [3.63, 3.8) is 0 Å². The molecule has 1 fully saturated rings. The first-order chi connectivity index (χ1) is 9.65. The zero-order valence-electron chi connectivity index (χ0n) is 11.1. The van der Waals surface area contributed by atoms with Crippen LogP contribution in [-0.2, 0) is 11.3 Å². The molecule has 0 amide bonds. The Morgan fingerprint density at radius 2 is 2.30 bits per heavy atom. The van der Waals surface area contributed by atoms with Crippen molar-refractivity contribution < 1.29 is 18.3 Å². The Morgan fingerprint density at radius 1 is 1.45 bits per heavy atom. The van der Waals surface area contributed by atoms with Crippen LogP contribution < -0.4 is 10.1 Å². The zero-order valence-corrected chi connectivity index (χ0v) is 11.8. The molecular formula is C14H18ClF2NO2. The first-order valence-corrected chi connectivity index (χ1v) is 7.04. The number of rotatable bonds is 7. The maximum Gasteiger partial charge on any atom is 0.387 e. The Bertz CT molecular complexity index is 426. The largest absolute Gasteiger partial charge is 0.434 e. The van der Waals surface area contributed by atoms with Gasteiger partial charge in [-0.25, -0.2) is 0 Å². The molecule has 1 saturated heterocycles. The Morgan fingerprint density at radius 3 is 3.00 bits per heavy atom. The van der Waals surface area contributed by atoms with E-state index in [1.165, 1.54) is 6.07 Å². The maximum atomic E-state index is 12.3. The lowest BCUT2D eigenvalue weighted by Crippen LogP contribution is -2.19. The Balaban J connectivity index is 1.82. The third-order valence-corrected chi connectivity index (χ3v) is 3.54. The lowest BCUT2D eigenvalue weighted by Gasteiger charge is -2.13. The molecule has 1 aliphatic heterocycles. The van der Waals surface area contributed by atoms with E-state index in [2.05, 4.69) is 10.1 Å². The molecule has 1 atom stereocenters. The summed E-state index contributed by atoms with van der Waals surface area (Å²) in [6, 6.07) is 4.65. The second kappa shape index (κ2) is 7.76. The molecule has 0 spiro atoms. The minimum atomic E-state index is -2.83. The smallest absolute Gasteiger partial charge is 0.387 e. The van der Waals surface area contributed by atoms with E-state index in [-0.39, 0.29) is 5.75 Å². The molecule has 1 heterocycles. The summed E-state index contributed by atoms with van der Waals surface area (Å²) in [5.74, 6) is 0.764. The molecule has 1 unspecified atom stereocenters. The molecule has 0 aromatic heterocycles. The Labute approximate surface area is 122 Å². The van der Waals surface area contributed by atoms with Crippen molar-refractivity contribution in [1.82, 2.24) is 5.32 Å². The van der Waals surface area contributed by atoms with E-state index >= 15 is 0 Å². The van der Waals surface area contributed by atoms with Crippen LogP contribution in [0, 0.1) is 5.92 Å². The normalized spacial score (nSPS) is 18.7. The lowest BCUT2D eigenvalue weighted by molar-refractivity contribution is -0.0504. The summed E-state index contributed by atoms with van der Waals surface area (Å²) in [5.41, 5.74) is 0.639. The maximum absolute atomic E-state index is 12.3. The SMILES string of the molecule is FC(F)Oc1ccc(Cl)cc1CNCCC1CCOC1. The van der Waals surface area contributed by atoms with Gasteiger partial charge in [0.15, 0.2) is 0 Å². The highest BCUT2D eigenvalue weighted by molar-refractivity contribution is 6.30. The van der Waals surface area contributed by atoms with Gasteiger partial charge in [0.1, 0.15) is 5.75 Å². The van der Waals surface area contributed by atoms with Crippen molar-refractivity contribution in [3.05, 3.63) is 28.8 Å². The van der Waals surface area contributed by atoms with Gasteiger partial charge in [0.2, 0.25) is 0 Å². The molecule has 1 aromatic carbocycles. The molecule has 3 nitrogen and oxygen atoms in total. The van der Waals surface area contributed by atoms with Gasteiger partial charge in [-0.1, -0.05) is 11.6 Å². The molecule has 2 rings (SSSR count). The molecule has 20 heavy (non-hydrogen) atoms. The van der Waals surface area contributed by atoms with Crippen molar-refractivity contribution in [2.45, 2.75) is 26.0 Å². The standard InChI is InChI=1S/C14H18ClF2NO2/c15-12-1-2-13(20-14(16)17)11(7-12)8-18-5-3-10-4-6-19-9-10/h1-2,7,10,14,18H,3-6,8-9H2.